The average Bonchev–Trinajstić information content (AvgIpc) is 2.23. The summed E-state index contributed by atoms with van der Waals surface area (Å²) < 4.78 is -5.24. The van der Waals surface area contributed by atoms with Gasteiger partial charge in [0.25, 0.3) is 0 Å². The van der Waals surface area contributed by atoms with Gasteiger partial charge >= 0.3 is 0 Å². The Morgan fingerprint density at radius 2 is 1.09 bits per heavy atom. The Morgan fingerprint density at radius 3 is 1.32 bits per heavy atom. The first kappa shape index (κ1) is 21.9. The summed E-state index contributed by atoms with van der Waals surface area (Å²) in [4.78, 5) is 0. The summed E-state index contributed by atoms with van der Waals surface area (Å²) in [7, 11) is 0. The van der Waals surface area contributed by atoms with Crippen LogP contribution in [0.1, 0.15) is 36.1 Å². The maximum atomic E-state index is 6.06. The highest BCUT2D eigenvalue weighted by atomic mass is 35.6. The molecule has 0 aliphatic rings. The fourth-order valence-corrected chi connectivity index (χ4v) is 3.31. The second-order valence-corrected chi connectivity index (χ2v) is 12.0. The predicted octanol–water partition coefficient (Wildman–Crippen LogP) is 8.37. The topological polar surface area (TPSA) is 0 Å². The average molecular weight is 486 g/mol. The monoisotopic (exact) mass is 482 g/mol. The van der Waals surface area contributed by atoms with E-state index >= 15 is 0 Å². The van der Waals surface area contributed by atoms with Crippen molar-refractivity contribution < 1.29 is 0 Å². The van der Waals surface area contributed by atoms with Crippen molar-refractivity contribution >= 4 is 104 Å². The van der Waals surface area contributed by atoms with Crippen LogP contribution in [0.15, 0.2) is 12.1 Å². The molecule has 0 saturated carbocycles. The highest BCUT2D eigenvalue weighted by Crippen LogP contribution is 2.50. The van der Waals surface area contributed by atoms with Crippen LogP contribution in [0.5, 0.6) is 0 Å². The third-order valence-corrected chi connectivity index (χ3v) is 4.68. The molecule has 1 aromatic carbocycles. The highest BCUT2D eigenvalue weighted by molar-refractivity contribution is 6.68. The molecule has 0 bridgehead atoms. The smallest absolute Gasteiger partial charge is 0.0784 e. The second-order valence-electron chi connectivity index (χ2n) is 5.14. The number of rotatable bonds is 2. The quantitative estimate of drug-likeness (QED) is 0.369. The standard InChI is InChI=1S/C13H11Cl9/c1-6(2)3-8-9(12(17,18)19)4-7(11(14,15)16)5-10(8)13(20,21)22/h4-6H,3H2,1-2H3. The van der Waals surface area contributed by atoms with Crippen LogP contribution in [0.25, 0.3) is 0 Å². The van der Waals surface area contributed by atoms with Gasteiger partial charge in [0.1, 0.15) is 0 Å². The van der Waals surface area contributed by atoms with E-state index in [1.165, 1.54) is 12.1 Å². The molecule has 0 atom stereocenters. The van der Waals surface area contributed by atoms with Gasteiger partial charge in [0.05, 0.1) is 0 Å². The molecule has 0 unspecified atom stereocenters. The molecule has 0 aliphatic heterocycles. The van der Waals surface area contributed by atoms with Crippen LogP contribution in [0.3, 0.4) is 0 Å². The van der Waals surface area contributed by atoms with Gasteiger partial charge in [0, 0.05) is 16.7 Å². The SMILES string of the molecule is CC(C)Cc1c(C(Cl)(Cl)Cl)cc(C(Cl)(Cl)Cl)cc1C(Cl)(Cl)Cl. The van der Waals surface area contributed by atoms with Crippen molar-refractivity contribution in [3.63, 3.8) is 0 Å². The first-order chi connectivity index (χ1) is 9.64. The lowest BCUT2D eigenvalue weighted by atomic mass is 9.92. The zero-order valence-electron chi connectivity index (χ0n) is 11.3. The number of hydrogen-bond acceptors (Lipinski definition) is 0. The van der Waals surface area contributed by atoms with Crippen molar-refractivity contribution in [3.8, 4) is 0 Å². The number of hydrogen-bond donors (Lipinski definition) is 0. The van der Waals surface area contributed by atoms with E-state index in [4.69, 9.17) is 104 Å². The fourth-order valence-electron chi connectivity index (χ4n) is 1.97. The third kappa shape index (κ3) is 5.97. The molecule has 0 saturated heterocycles. The molecule has 126 valence electrons. The van der Waals surface area contributed by atoms with Crippen LogP contribution >= 0.6 is 104 Å². The first-order valence-corrected chi connectivity index (χ1v) is 9.42. The summed E-state index contributed by atoms with van der Waals surface area (Å²) in [6.45, 7) is 3.99. The van der Waals surface area contributed by atoms with E-state index in [1.807, 2.05) is 13.8 Å². The Hall–Kier alpha value is 1.83. The molecule has 9 heteroatoms. The van der Waals surface area contributed by atoms with Crippen molar-refractivity contribution in [3.05, 3.63) is 34.4 Å². The van der Waals surface area contributed by atoms with Crippen molar-refractivity contribution in [2.75, 3.05) is 0 Å². The van der Waals surface area contributed by atoms with E-state index in [1.54, 1.807) is 0 Å². The Morgan fingerprint density at radius 1 is 0.727 bits per heavy atom. The number of alkyl halides is 9. The Kier molecular flexibility index (Phi) is 7.56. The van der Waals surface area contributed by atoms with Crippen LogP contribution < -0.4 is 0 Å². The van der Waals surface area contributed by atoms with Crippen LogP contribution in [-0.2, 0) is 17.8 Å². The van der Waals surface area contributed by atoms with Gasteiger partial charge in [-0.1, -0.05) is 118 Å². The van der Waals surface area contributed by atoms with Gasteiger partial charge in [-0.3, -0.25) is 0 Å². The summed E-state index contributed by atoms with van der Waals surface area (Å²) in [5.74, 6) is 0.232. The molecule has 0 spiro atoms. The van der Waals surface area contributed by atoms with Crippen LogP contribution in [-0.4, -0.2) is 0 Å². The van der Waals surface area contributed by atoms with Gasteiger partial charge in [-0.2, -0.15) is 0 Å². The first-order valence-electron chi connectivity index (χ1n) is 6.02. The van der Waals surface area contributed by atoms with Gasteiger partial charge in [-0.05, 0) is 30.0 Å². The van der Waals surface area contributed by atoms with E-state index in [-0.39, 0.29) is 11.5 Å². The largest absolute Gasteiger partial charge is 0.216 e. The number of halogens is 9. The molecule has 1 aromatic rings. The molecular weight excluding hydrogens is 475 g/mol. The van der Waals surface area contributed by atoms with E-state index in [0.717, 1.165) is 0 Å². The Bertz CT molecular complexity index is 497. The van der Waals surface area contributed by atoms with Gasteiger partial charge in [0.15, 0.2) is 0 Å². The van der Waals surface area contributed by atoms with Crippen LogP contribution in [0.2, 0.25) is 0 Å². The molecule has 0 fully saturated rings. The molecule has 0 aromatic heterocycles. The summed E-state index contributed by atoms with van der Waals surface area (Å²) in [5, 5.41) is 0. The molecule has 22 heavy (non-hydrogen) atoms. The molecule has 0 heterocycles. The third-order valence-electron chi connectivity index (χ3n) is 2.80. The van der Waals surface area contributed by atoms with Crippen molar-refractivity contribution in [1.29, 1.82) is 0 Å². The summed E-state index contributed by atoms with van der Waals surface area (Å²) >= 11 is 54.2. The lowest BCUT2D eigenvalue weighted by molar-refractivity contribution is 0.639. The molecule has 0 radical (unpaired) electrons. The second kappa shape index (κ2) is 7.60. The minimum Gasteiger partial charge on any atom is -0.0784 e. The molecule has 0 aliphatic carbocycles. The van der Waals surface area contributed by atoms with E-state index in [2.05, 4.69) is 0 Å². The minimum absolute atomic E-state index is 0.232. The summed E-state index contributed by atoms with van der Waals surface area (Å²) in [6.07, 6.45) is 0.534. The lowest BCUT2D eigenvalue weighted by Crippen LogP contribution is -2.17. The van der Waals surface area contributed by atoms with E-state index in [9.17, 15) is 0 Å². The fraction of sp³-hybridized carbons (Fsp3) is 0.538. The maximum absolute atomic E-state index is 6.06. The molecule has 1 rings (SSSR count). The van der Waals surface area contributed by atoms with Gasteiger partial charge in [-0.25, -0.2) is 0 Å². The van der Waals surface area contributed by atoms with Crippen molar-refractivity contribution in [1.82, 2.24) is 0 Å². The van der Waals surface area contributed by atoms with Crippen molar-refractivity contribution in [2.24, 2.45) is 5.92 Å². The molecule has 0 nitrogen and oxygen atoms in total. The van der Waals surface area contributed by atoms with Crippen LogP contribution in [0.4, 0.5) is 0 Å². The van der Waals surface area contributed by atoms with E-state index in [0.29, 0.717) is 23.1 Å². The zero-order chi connectivity index (χ0) is 17.5. The molecule has 0 N–H and O–H groups in total. The predicted molar refractivity (Wildman–Crippen MR) is 103 cm³/mol. The van der Waals surface area contributed by atoms with Crippen LogP contribution in [0, 0.1) is 5.92 Å². The van der Waals surface area contributed by atoms with Gasteiger partial charge < -0.3 is 0 Å². The Labute approximate surface area is 175 Å². The number of benzene rings is 1. The van der Waals surface area contributed by atoms with E-state index < -0.39 is 11.4 Å². The van der Waals surface area contributed by atoms with Gasteiger partial charge in [-0.15, -0.1) is 0 Å². The molecule has 0 amide bonds. The Balaban J connectivity index is 3.78. The van der Waals surface area contributed by atoms with Gasteiger partial charge in [0.2, 0.25) is 11.4 Å². The van der Waals surface area contributed by atoms with Crippen molar-refractivity contribution in [2.45, 2.75) is 31.6 Å². The highest BCUT2D eigenvalue weighted by Gasteiger charge is 2.37. The molecular formula is C13H11Cl9. The summed E-state index contributed by atoms with van der Waals surface area (Å²) in [6, 6.07) is 3.02. The lowest BCUT2D eigenvalue weighted by Gasteiger charge is -2.27. The maximum Gasteiger partial charge on any atom is 0.216 e. The summed E-state index contributed by atoms with van der Waals surface area (Å²) in [5.41, 5.74) is 1.54. The minimum atomic E-state index is -1.75. The zero-order valence-corrected chi connectivity index (χ0v) is 18.1. The normalized spacial score (nSPS) is 13.8.